The summed E-state index contributed by atoms with van der Waals surface area (Å²) in [5.74, 6) is 0.859. The SMILES string of the molecule is Cc1ccc([C@H]2CC(=O)C3=C(C2)Nc2ccccc2N(C(=O)C2CC2)[C@H]3c2ccco2)cc1. The van der Waals surface area contributed by atoms with E-state index in [4.69, 9.17) is 4.42 Å². The van der Waals surface area contributed by atoms with Crippen molar-refractivity contribution >= 4 is 23.1 Å². The molecule has 3 aliphatic rings. The third kappa shape index (κ3) is 3.48. The van der Waals surface area contributed by atoms with Gasteiger partial charge in [-0.05, 0) is 61.9 Å². The van der Waals surface area contributed by atoms with Crippen molar-refractivity contribution in [2.45, 2.75) is 44.6 Å². The average Bonchev–Trinajstić information content (AvgIpc) is 3.56. The first-order chi connectivity index (χ1) is 16.1. The van der Waals surface area contributed by atoms with Gasteiger partial charge in [-0.2, -0.15) is 0 Å². The van der Waals surface area contributed by atoms with Crippen LogP contribution >= 0.6 is 0 Å². The van der Waals surface area contributed by atoms with Gasteiger partial charge in [0.25, 0.3) is 0 Å². The largest absolute Gasteiger partial charge is 0.467 e. The van der Waals surface area contributed by atoms with Gasteiger partial charge in [0.2, 0.25) is 5.91 Å². The monoisotopic (exact) mass is 438 g/mol. The van der Waals surface area contributed by atoms with Crippen LogP contribution in [0.4, 0.5) is 11.4 Å². The highest BCUT2D eigenvalue weighted by Crippen LogP contribution is 2.49. The number of furan rings is 1. The van der Waals surface area contributed by atoms with Gasteiger partial charge in [0.15, 0.2) is 5.78 Å². The lowest BCUT2D eigenvalue weighted by Crippen LogP contribution is -2.39. The number of rotatable bonds is 3. The average molecular weight is 439 g/mol. The van der Waals surface area contributed by atoms with Crippen LogP contribution in [0.3, 0.4) is 0 Å². The zero-order valence-corrected chi connectivity index (χ0v) is 18.6. The Hall–Kier alpha value is -3.60. The van der Waals surface area contributed by atoms with Gasteiger partial charge in [0.05, 0.1) is 17.6 Å². The number of carbonyl (C=O) groups is 2. The molecule has 3 aromatic rings. The van der Waals surface area contributed by atoms with Crippen LogP contribution in [0.15, 0.2) is 82.6 Å². The van der Waals surface area contributed by atoms with Gasteiger partial charge in [0.1, 0.15) is 11.8 Å². The molecule has 0 saturated heterocycles. The van der Waals surface area contributed by atoms with E-state index in [1.807, 2.05) is 41.3 Å². The molecule has 1 saturated carbocycles. The van der Waals surface area contributed by atoms with Crippen molar-refractivity contribution in [1.82, 2.24) is 0 Å². The molecule has 2 heterocycles. The number of carbonyl (C=O) groups excluding carboxylic acids is 2. The number of ketones is 1. The molecular formula is C28H26N2O3. The molecule has 33 heavy (non-hydrogen) atoms. The first-order valence-corrected chi connectivity index (χ1v) is 11.7. The molecule has 2 atom stereocenters. The van der Waals surface area contributed by atoms with E-state index in [0.717, 1.165) is 29.9 Å². The summed E-state index contributed by atoms with van der Waals surface area (Å²) >= 11 is 0. The van der Waals surface area contributed by atoms with Crippen LogP contribution in [-0.4, -0.2) is 11.7 Å². The standard InChI is InChI=1S/C28H26N2O3/c1-17-8-10-18(11-9-17)20-15-22-26(24(31)16-20)27(25-7-4-14-33-25)30(28(32)19-12-13-19)23-6-3-2-5-21(23)29-22/h2-11,14,19-20,27,29H,12-13,15-16H2,1H3/t20-,27+/m1/s1. The van der Waals surface area contributed by atoms with Gasteiger partial charge in [0, 0.05) is 23.6 Å². The Bertz CT molecular complexity index is 1250. The molecule has 1 aliphatic heterocycles. The molecule has 0 bridgehead atoms. The van der Waals surface area contributed by atoms with Crippen molar-refractivity contribution in [2.75, 3.05) is 10.2 Å². The van der Waals surface area contributed by atoms with Gasteiger partial charge < -0.3 is 9.73 Å². The number of aryl methyl sites for hydroxylation is 1. The number of allylic oxidation sites excluding steroid dienone is 1. The van der Waals surface area contributed by atoms with Crippen LogP contribution in [0, 0.1) is 12.8 Å². The molecule has 1 aromatic heterocycles. The number of nitrogens with one attached hydrogen (secondary N) is 1. The number of fused-ring (bicyclic) bond motifs is 1. The first kappa shape index (κ1) is 20.0. The molecule has 6 rings (SSSR count). The number of para-hydroxylation sites is 2. The summed E-state index contributed by atoms with van der Waals surface area (Å²) in [6.07, 6.45) is 4.53. The van der Waals surface area contributed by atoms with Gasteiger partial charge in [-0.15, -0.1) is 0 Å². The van der Waals surface area contributed by atoms with E-state index in [0.29, 0.717) is 24.2 Å². The van der Waals surface area contributed by atoms with Crippen molar-refractivity contribution in [3.8, 4) is 0 Å². The number of anilines is 2. The highest BCUT2D eigenvalue weighted by Gasteiger charge is 2.45. The molecule has 0 radical (unpaired) electrons. The van der Waals surface area contributed by atoms with Gasteiger partial charge in [-0.3, -0.25) is 14.5 Å². The van der Waals surface area contributed by atoms with Crippen LogP contribution in [0.1, 0.15) is 54.5 Å². The van der Waals surface area contributed by atoms with Crippen LogP contribution < -0.4 is 10.2 Å². The van der Waals surface area contributed by atoms with Gasteiger partial charge in [-0.25, -0.2) is 0 Å². The fourth-order valence-electron chi connectivity index (χ4n) is 5.15. The topological polar surface area (TPSA) is 62.6 Å². The van der Waals surface area contributed by atoms with Crippen LogP contribution in [0.5, 0.6) is 0 Å². The van der Waals surface area contributed by atoms with Crippen LogP contribution in [0.2, 0.25) is 0 Å². The third-order valence-electron chi connectivity index (χ3n) is 7.01. The minimum atomic E-state index is -0.564. The van der Waals surface area contributed by atoms with Crippen molar-refractivity contribution < 1.29 is 14.0 Å². The smallest absolute Gasteiger partial charge is 0.231 e. The summed E-state index contributed by atoms with van der Waals surface area (Å²) in [4.78, 5) is 29.2. The van der Waals surface area contributed by atoms with E-state index >= 15 is 0 Å². The predicted molar refractivity (Wildman–Crippen MR) is 127 cm³/mol. The molecule has 2 aliphatic carbocycles. The van der Waals surface area contributed by atoms with Crippen LogP contribution in [-0.2, 0) is 9.59 Å². The molecular weight excluding hydrogens is 412 g/mol. The lowest BCUT2D eigenvalue weighted by Gasteiger charge is -2.33. The molecule has 5 heteroatoms. The number of benzene rings is 2. The Kier molecular flexibility index (Phi) is 4.72. The maximum atomic E-state index is 13.8. The number of hydrogen-bond donors (Lipinski definition) is 1. The van der Waals surface area contributed by atoms with E-state index in [1.54, 1.807) is 6.26 Å². The maximum Gasteiger partial charge on any atom is 0.231 e. The van der Waals surface area contributed by atoms with Crippen LogP contribution in [0.25, 0.3) is 0 Å². The second-order valence-corrected chi connectivity index (χ2v) is 9.37. The normalized spacial score (nSPS) is 22.3. The maximum absolute atomic E-state index is 13.8. The first-order valence-electron chi connectivity index (χ1n) is 11.7. The Morgan fingerprint density at radius 2 is 1.79 bits per heavy atom. The van der Waals surface area contributed by atoms with Crippen molar-refractivity contribution in [3.63, 3.8) is 0 Å². The Labute approximate surface area is 193 Å². The Morgan fingerprint density at radius 1 is 1.00 bits per heavy atom. The molecule has 166 valence electrons. The summed E-state index contributed by atoms with van der Waals surface area (Å²) in [6.45, 7) is 2.07. The fourth-order valence-corrected chi connectivity index (χ4v) is 5.15. The summed E-state index contributed by atoms with van der Waals surface area (Å²) in [7, 11) is 0. The number of nitrogens with zero attached hydrogens (tertiary/aromatic N) is 1. The summed E-state index contributed by atoms with van der Waals surface area (Å²) in [6, 6.07) is 19.4. The van der Waals surface area contributed by atoms with Crippen molar-refractivity contribution in [3.05, 3.63) is 95.1 Å². The predicted octanol–water partition coefficient (Wildman–Crippen LogP) is 5.90. The second kappa shape index (κ2) is 7.77. The molecule has 0 spiro atoms. The molecule has 1 amide bonds. The summed E-state index contributed by atoms with van der Waals surface area (Å²) in [5, 5.41) is 3.56. The van der Waals surface area contributed by atoms with E-state index < -0.39 is 6.04 Å². The number of amides is 1. The second-order valence-electron chi connectivity index (χ2n) is 9.37. The zero-order chi connectivity index (χ0) is 22.5. The minimum absolute atomic E-state index is 0.0108. The molecule has 2 aromatic carbocycles. The fraction of sp³-hybridized carbons (Fsp3) is 0.286. The van der Waals surface area contributed by atoms with Gasteiger partial charge in [-0.1, -0.05) is 42.0 Å². The third-order valence-corrected chi connectivity index (χ3v) is 7.01. The highest BCUT2D eigenvalue weighted by molar-refractivity contribution is 6.07. The van der Waals surface area contributed by atoms with Gasteiger partial charge >= 0.3 is 0 Å². The zero-order valence-electron chi connectivity index (χ0n) is 18.6. The van der Waals surface area contributed by atoms with Crippen molar-refractivity contribution in [1.29, 1.82) is 0 Å². The molecule has 1 N–H and O–H groups in total. The lowest BCUT2D eigenvalue weighted by molar-refractivity contribution is -0.120. The van der Waals surface area contributed by atoms with E-state index in [1.165, 1.54) is 11.1 Å². The molecule has 1 fully saturated rings. The summed E-state index contributed by atoms with van der Waals surface area (Å²) in [5.41, 5.74) is 5.56. The Balaban J connectivity index is 1.51. The quantitative estimate of drug-likeness (QED) is 0.553. The lowest BCUT2D eigenvalue weighted by atomic mass is 9.79. The highest BCUT2D eigenvalue weighted by atomic mass is 16.3. The molecule has 5 nitrogen and oxygen atoms in total. The molecule has 0 unspecified atom stereocenters. The van der Waals surface area contributed by atoms with E-state index in [9.17, 15) is 9.59 Å². The number of hydrogen-bond acceptors (Lipinski definition) is 4. The minimum Gasteiger partial charge on any atom is -0.467 e. The van der Waals surface area contributed by atoms with E-state index in [-0.39, 0.29) is 23.5 Å². The van der Waals surface area contributed by atoms with E-state index in [2.05, 4.69) is 36.5 Å². The summed E-state index contributed by atoms with van der Waals surface area (Å²) < 4.78 is 5.84. The van der Waals surface area contributed by atoms with Crippen molar-refractivity contribution in [2.24, 2.45) is 5.92 Å². The Morgan fingerprint density at radius 3 is 2.52 bits per heavy atom. The number of Topliss-reactive ketones (excluding diaryl/α,β-unsaturated/α-hetero) is 1.